The van der Waals surface area contributed by atoms with E-state index in [9.17, 15) is 9.18 Å². The second-order valence-electron chi connectivity index (χ2n) is 7.87. The summed E-state index contributed by atoms with van der Waals surface area (Å²) in [5.41, 5.74) is 0.618. The summed E-state index contributed by atoms with van der Waals surface area (Å²) in [5.74, 6) is -0.103. The number of likely N-dealkylation sites (tertiary alicyclic amines) is 1. The summed E-state index contributed by atoms with van der Waals surface area (Å²) in [4.78, 5) is 19.4. The first-order chi connectivity index (χ1) is 13.0. The Kier molecular flexibility index (Phi) is 7.21. The van der Waals surface area contributed by atoms with Gasteiger partial charge in [0.2, 0.25) is 5.91 Å². The van der Waals surface area contributed by atoms with E-state index in [2.05, 4.69) is 23.9 Å². The van der Waals surface area contributed by atoms with Crippen molar-refractivity contribution in [3.05, 3.63) is 35.6 Å². The van der Waals surface area contributed by atoms with Gasteiger partial charge >= 0.3 is 0 Å². The van der Waals surface area contributed by atoms with Crippen LogP contribution in [0.15, 0.2) is 24.3 Å². The highest BCUT2D eigenvalue weighted by Crippen LogP contribution is 2.24. The zero-order valence-corrected chi connectivity index (χ0v) is 16.6. The molecule has 1 amide bonds. The van der Waals surface area contributed by atoms with Crippen molar-refractivity contribution < 1.29 is 13.9 Å². The van der Waals surface area contributed by atoms with Crippen LogP contribution < -0.4 is 0 Å². The molecule has 0 radical (unpaired) electrons. The number of benzene rings is 1. The minimum atomic E-state index is -0.225. The number of nitrogens with zero attached hydrogens (tertiary/aromatic N) is 3. The van der Waals surface area contributed by atoms with Crippen LogP contribution >= 0.6 is 0 Å². The zero-order valence-electron chi connectivity index (χ0n) is 16.6. The predicted octanol–water partition coefficient (Wildman–Crippen LogP) is 2.01. The number of carbonyl (C=O) groups excluding carboxylic acids is 1. The molecule has 150 valence electrons. The Morgan fingerprint density at radius 3 is 2.78 bits per heavy atom. The molecule has 0 bridgehead atoms. The fourth-order valence-electron chi connectivity index (χ4n) is 4.12. The predicted molar refractivity (Wildman–Crippen MR) is 104 cm³/mol. The van der Waals surface area contributed by atoms with Gasteiger partial charge < -0.3 is 14.5 Å². The number of aryl methyl sites for hydroxylation is 1. The largest absolute Gasteiger partial charge is 0.375 e. The lowest BCUT2D eigenvalue weighted by molar-refractivity contribution is -0.131. The van der Waals surface area contributed by atoms with Crippen molar-refractivity contribution in [1.29, 1.82) is 0 Å². The van der Waals surface area contributed by atoms with Crippen molar-refractivity contribution in [2.45, 2.75) is 37.8 Å². The first-order valence-corrected chi connectivity index (χ1v) is 10.1. The number of halogens is 1. The number of hydrogen-bond acceptors (Lipinski definition) is 4. The average Bonchev–Trinajstić information content (AvgIpc) is 2.88. The molecule has 1 aromatic carbocycles. The van der Waals surface area contributed by atoms with Crippen LogP contribution in [0.1, 0.15) is 24.8 Å². The molecule has 3 rings (SSSR count). The highest BCUT2D eigenvalue weighted by Gasteiger charge is 2.35. The number of carbonyl (C=O) groups is 1. The van der Waals surface area contributed by atoms with Crippen LogP contribution in [0, 0.1) is 5.82 Å². The molecule has 2 unspecified atom stereocenters. The molecule has 0 N–H and O–H groups in total. The third-order valence-corrected chi connectivity index (χ3v) is 5.74. The van der Waals surface area contributed by atoms with Crippen molar-refractivity contribution in [1.82, 2.24) is 14.7 Å². The minimum Gasteiger partial charge on any atom is -0.375 e. The minimum absolute atomic E-state index is 0.122. The molecule has 27 heavy (non-hydrogen) atoms. The smallest absolute Gasteiger partial charge is 0.222 e. The van der Waals surface area contributed by atoms with Gasteiger partial charge in [0.05, 0.1) is 12.7 Å². The van der Waals surface area contributed by atoms with Crippen LogP contribution in [0.25, 0.3) is 0 Å². The summed E-state index contributed by atoms with van der Waals surface area (Å²) >= 11 is 0. The Balaban J connectivity index is 1.53. The molecular formula is C21H32FN3O2. The number of likely N-dealkylation sites (N-methyl/N-ethyl adjacent to an activating group) is 1. The Hall–Kier alpha value is -1.50. The normalized spacial score (nSPS) is 23.9. The third kappa shape index (κ3) is 5.50. The summed E-state index contributed by atoms with van der Waals surface area (Å²) in [6.07, 6.45) is 2.87. The fraction of sp³-hybridized carbons (Fsp3) is 0.667. The molecule has 0 spiro atoms. The van der Waals surface area contributed by atoms with Gasteiger partial charge in [-0.2, -0.15) is 0 Å². The van der Waals surface area contributed by atoms with Crippen LogP contribution in [-0.2, 0) is 16.0 Å². The van der Waals surface area contributed by atoms with Crippen LogP contribution in [0.4, 0.5) is 4.39 Å². The molecule has 6 heteroatoms. The molecule has 2 fully saturated rings. The van der Waals surface area contributed by atoms with E-state index in [0.717, 1.165) is 52.2 Å². The summed E-state index contributed by atoms with van der Waals surface area (Å²) in [6, 6.07) is 7.10. The third-order valence-electron chi connectivity index (χ3n) is 5.74. The quantitative estimate of drug-likeness (QED) is 0.760. The van der Waals surface area contributed by atoms with Gasteiger partial charge in [0.1, 0.15) is 5.82 Å². The maximum absolute atomic E-state index is 13.8. The molecular weight excluding hydrogens is 345 g/mol. The molecule has 0 saturated carbocycles. The second kappa shape index (κ2) is 9.62. The van der Waals surface area contributed by atoms with E-state index in [1.54, 1.807) is 12.1 Å². The van der Waals surface area contributed by atoms with Gasteiger partial charge in [-0.05, 0) is 45.0 Å². The molecule has 1 aromatic rings. The van der Waals surface area contributed by atoms with Gasteiger partial charge in [0.25, 0.3) is 0 Å². The van der Waals surface area contributed by atoms with Crippen molar-refractivity contribution in [2.75, 3.05) is 53.4 Å². The lowest BCUT2D eigenvalue weighted by atomic mass is 10.0. The lowest BCUT2D eigenvalue weighted by Gasteiger charge is -2.40. The number of amides is 1. The van der Waals surface area contributed by atoms with E-state index in [4.69, 9.17) is 4.74 Å². The molecule has 0 aromatic heterocycles. The van der Waals surface area contributed by atoms with Crippen LogP contribution in [-0.4, -0.2) is 86.2 Å². The Morgan fingerprint density at radius 1 is 1.22 bits per heavy atom. The maximum Gasteiger partial charge on any atom is 0.222 e. The average molecular weight is 378 g/mol. The number of hydrogen-bond donors (Lipinski definition) is 0. The van der Waals surface area contributed by atoms with Crippen molar-refractivity contribution >= 4 is 5.91 Å². The highest BCUT2D eigenvalue weighted by molar-refractivity contribution is 5.76. The molecule has 5 nitrogen and oxygen atoms in total. The van der Waals surface area contributed by atoms with E-state index in [0.29, 0.717) is 24.4 Å². The SMILES string of the molecule is CN(C)CCN1CCOC2CCN(C(=O)CCc3ccccc3F)CCC21. The van der Waals surface area contributed by atoms with E-state index >= 15 is 0 Å². The van der Waals surface area contributed by atoms with Gasteiger partial charge in [0.15, 0.2) is 0 Å². The Bertz CT molecular complexity index is 625. The first kappa shape index (κ1) is 20.2. The van der Waals surface area contributed by atoms with E-state index in [-0.39, 0.29) is 17.8 Å². The summed E-state index contributed by atoms with van der Waals surface area (Å²) in [5, 5.41) is 0. The number of morpholine rings is 1. The van der Waals surface area contributed by atoms with Gasteiger partial charge in [-0.25, -0.2) is 4.39 Å². The van der Waals surface area contributed by atoms with Gasteiger partial charge in [-0.3, -0.25) is 9.69 Å². The van der Waals surface area contributed by atoms with Gasteiger partial charge in [-0.1, -0.05) is 18.2 Å². The van der Waals surface area contributed by atoms with Crippen LogP contribution in [0.2, 0.25) is 0 Å². The first-order valence-electron chi connectivity index (χ1n) is 10.1. The van der Waals surface area contributed by atoms with Gasteiger partial charge in [0, 0.05) is 45.2 Å². The van der Waals surface area contributed by atoms with Crippen LogP contribution in [0.3, 0.4) is 0 Å². The topological polar surface area (TPSA) is 36.0 Å². The number of ether oxygens (including phenoxy) is 1. The van der Waals surface area contributed by atoms with E-state index in [1.165, 1.54) is 6.07 Å². The molecule has 2 aliphatic rings. The Labute approximate surface area is 162 Å². The standard InChI is InChI=1S/C21H32FN3O2/c1-23(2)13-14-24-15-16-27-20-10-12-25(11-9-19(20)24)21(26)8-7-17-5-3-4-6-18(17)22/h3-6,19-20H,7-16H2,1-2H3. The highest BCUT2D eigenvalue weighted by atomic mass is 19.1. The molecule has 2 heterocycles. The molecule has 0 aliphatic carbocycles. The molecule has 2 atom stereocenters. The van der Waals surface area contributed by atoms with E-state index < -0.39 is 0 Å². The van der Waals surface area contributed by atoms with Gasteiger partial charge in [-0.15, -0.1) is 0 Å². The fourth-order valence-corrected chi connectivity index (χ4v) is 4.12. The maximum atomic E-state index is 13.8. The number of fused-ring (bicyclic) bond motifs is 1. The zero-order chi connectivity index (χ0) is 19.2. The van der Waals surface area contributed by atoms with E-state index in [1.807, 2.05) is 11.0 Å². The Morgan fingerprint density at radius 2 is 2.00 bits per heavy atom. The molecule has 2 aliphatic heterocycles. The summed E-state index contributed by atoms with van der Waals surface area (Å²) in [6.45, 7) is 5.32. The number of rotatable bonds is 6. The molecule has 2 saturated heterocycles. The summed E-state index contributed by atoms with van der Waals surface area (Å²) < 4.78 is 19.8. The van der Waals surface area contributed by atoms with Crippen molar-refractivity contribution in [3.63, 3.8) is 0 Å². The second-order valence-corrected chi connectivity index (χ2v) is 7.87. The van der Waals surface area contributed by atoms with Crippen molar-refractivity contribution in [2.24, 2.45) is 0 Å². The van der Waals surface area contributed by atoms with Crippen LogP contribution in [0.5, 0.6) is 0 Å². The van der Waals surface area contributed by atoms with Crippen molar-refractivity contribution in [3.8, 4) is 0 Å². The monoisotopic (exact) mass is 377 g/mol. The lowest BCUT2D eigenvalue weighted by Crippen LogP contribution is -2.52. The summed E-state index contributed by atoms with van der Waals surface area (Å²) in [7, 11) is 4.20.